The number of aromatic nitrogens is 1. The number of hydrogen-bond acceptors (Lipinski definition) is 2. The van der Waals surface area contributed by atoms with E-state index < -0.39 is 0 Å². The molecule has 2 rings (SSSR count). The Labute approximate surface area is 83.1 Å². The van der Waals surface area contributed by atoms with Crippen molar-refractivity contribution in [3.63, 3.8) is 0 Å². The van der Waals surface area contributed by atoms with Crippen molar-refractivity contribution in [1.29, 1.82) is 0 Å². The molecule has 0 saturated heterocycles. The minimum Gasteiger partial charge on any atom is -0.456 e. The third-order valence-electron chi connectivity index (χ3n) is 2.37. The Kier molecular flexibility index (Phi) is 2.59. The molecule has 0 bridgehead atoms. The van der Waals surface area contributed by atoms with Crippen LogP contribution in [0.2, 0.25) is 0 Å². The van der Waals surface area contributed by atoms with Gasteiger partial charge in [0.1, 0.15) is 5.82 Å². The Morgan fingerprint density at radius 3 is 2.93 bits per heavy atom. The molecule has 2 nitrogen and oxygen atoms in total. The first-order valence-electron chi connectivity index (χ1n) is 4.61. The molecule has 0 fully saturated rings. The van der Waals surface area contributed by atoms with Crippen LogP contribution in [-0.4, -0.2) is 23.0 Å². The van der Waals surface area contributed by atoms with Gasteiger partial charge >= 0.3 is 0 Å². The zero-order valence-electron chi connectivity index (χ0n) is 7.91. The van der Waals surface area contributed by atoms with Crippen molar-refractivity contribution in [1.82, 2.24) is 9.88 Å². The molecule has 0 saturated carbocycles. The molecule has 0 aromatic carbocycles. The predicted molar refractivity (Wildman–Crippen MR) is 53.7 cm³/mol. The second-order valence-corrected chi connectivity index (χ2v) is 3.45. The molecule has 1 aliphatic heterocycles. The van der Waals surface area contributed by atoms with E-state index in [1.165, 1.54) is 12.3 Å². The highest BCUT2D eigenvalue weighted by molar-refractivity contribution is 5.65. The highest BCUT2D eigenvalue weighted by atomic mass is 19.1. The molecular weight excluding hydrogens is 179 g/mol. The Balaban J connectivity index is 2.23. The second kappa shape index (κ2) is 3.88. The van der Waals surface area contributed by atoms with Crippen LogP contribution < -0.4 is 0 Å². The first-order valence-corrected chi connectivity index (χ1v) is 4.61. The summed E-state index contributed by atoms with van der Waals surface area (Å²) in [4.78, 5) is 5.82. The molecule has 0 atom stereocenters. The van der Waals surface area contributed by atoms with Gasteiger partial charge in [0.15, 0.2) is 0 Å². The molecule has 1 aliphatic rings. The summed E-state index contributed by atoms with van der Waals surface area (Å²) in [6, 6.07) is 1.53. The molecule has 0 amide bonds. The molecule has 3 heteroatoms. The number of rotatable bonds is 1. The van der Waals surface area contributed by atoms with Gasteiger partial charge in [0.05, 0.1) is 6.20 Å². The number of pyridine rings is 1. The standard InChI is InChI=1S/C11H12FN2/c1-14-4-2-9(3-5-14)10-6-11(12)8-13-7-10/h2,6-8H,1,3-5H2/q-1. The summed E-state index contributed by atoms with van der Waals surface area (Å²) in [5.74, 6) is -0.277. The minimum atomic E-state index is -0.277. The molecule has 0 aliphatic carbocycles. The number of halogens is 1. The van der Waals surface area contributed by atoms with Crippen LogP contribution in [0.25, 0.3) is 5.57 Å². The van der Waals surface area contributed by atoms with E-state index in [1.54, 1.807) is 6.20 Å². The van der Waals surface area contributed by atoms with Crippen LogP contribution in [-0.2, 0) is 0 Å². The van der Waals surface area contributed by atoms with E-state index in [1.807, 2.05) is 4.90 Å². The average molecular weight is 191 g/mol. The van der Waals surface area contributed by atoms with Gasteiger partial charge in [0.25, 0.3) is 0 Å². The summed E-state index contributed by atoms with van der Waals surface area (Å²) in [7, 11) is 3.84. The Morgan fingerprint density at radius 1 is 1.43 bits per heavy atom. The van der Waals surface area contributed by atoms with Crippen molar-refractivity contribution >= 4 is 5.57 Å². The largest absolute Gasteiger partial charge is 0.456 e. The van der Waals surface area contributed by atoms with Gasteiger partial charge in [-0.3, -0.25) is 12.0 Å². The van der Waals surface area contributed by atoms with Crippen molar-refractivity contribution in [2.75, 3.05) is 13.1 Å². The molecule has 0 spiro atoms. The molecule has 74 valence electrons. The van der Waals surface area contributed by atoms with E-state index in [4.69, 9.17) is 0 Å². The third kappa shape index (κ3) is 1.99. The maximum atomic E-state index is 12.9. The van der Waals surface area contributed by atoms with Crippen molar-refractivity contribution < 1.29 is 4.39 Å². The summed E-state index contributed by atoms with van der Waals surface area (Å²) in [5, 5.41) is 0. The topological polar surface area (TPSA) is 16.1 Å². The fourth-order valence-corrected chi connectivity index (χ4v) is 1.56. The van der Waals surface area contributed by atoms with Crippen molar-refractivity contribution in [3.05, 3.63) is 43.0 Å². The molecule has 14 heavy (non-hydrogen) atoms. The summed E-state index contributed by atoms with van der Waals surface area (Å²) in [6.07, 6.45) is 5.91. The third-order valence-corrected chi connectivity index (χ3v) is 2.37. The number of nitrogens with zero attached hydrogens (tertiary/aromatic N) is 2. The monoisotopic (exact) mass is 191 g/mol. The van der Waals surface area contributed by atoms with Gasteiger partial charge in [-0.15, -0.1) is 0 Å². The van der Waals surface area contributed by atoms with Crippen LogP contribution in [0, 0.1) is 12.9 Å². The smallest absolute Gasteiger partial charge is 0.142 e. The van der Waals surface area contributed by atoms with Crippen LogP contribution in [0.4, 0.5) is 4.39 Å². The molecule has 1 aromatic rings. The Hall–Kier alpha value is -1.22. The number of hydrogen-bond donors (Lipinski definition) is 0. The van der Waals surface area contributed by atoms with E-state index in [9.17, 15) is 4.39 Å². The molecule has 0 unspecified atom stereocenters. The fourth-order valence-electron chi connectivity index (χ4n) is 1.56. The lowest BCUT2D eigenvalue weighted by Crippen LogP contribution is -2.21. The lowest BCUT2D eigenvalue weighted by atomic mass is 10.0. The molecular formula is C11H12FN2-. The molecule has 0 N–H and O–H groups in total. The van der Waals surface area contributed by atoms with Gasteiger partial charge in [-0.1, -0.05) is 6.08 Å². The zero-order valence-corrected chi connectivity index (χ0v) is 7.91. The lowest BCUT2D eigenvalue weighted by Gasteiger charge is -2.28. The average Bonchev–Trinajstić information content (AvgIpc) is 2.19. The van der Waals surface area contributed by atoms with Crippen LogP contribution >= 0.6 is 0 Å². The normalized spacial score (nSPS) is 18.0. The van der Waals surface area contributed by atoms with Gasteiger partial charge in [0, 0.05) is 6.20 Å². The van der Waals surface area contributed by atoms with E-state index in [-0.39, 0.29) is 5.82 Å². The molecule has 1 aromatic heterocycles. The fraction of sp³-hybridized carbons (Fsp3) is 0.273. The van der Waals surface area contributed by atoms with Crippen molar-refractivity contribution in [2.24, 2.45) is 0 Å². The summed E-state index contributed by atoms with van der Waals surface area (Å²) < 4.78 is 12.9. The minimum absolute atomic E-state index is 0.277. The van der Waals surface area contributed by atoms with E-state index in [0.717, 1.165) is 30.6 Å². The van der Waals surface area contributed by atoms with Crippen LogP contribution in [0.3, 0.4) is 0 Å². The lowest BCUT2D eigenvalue weighted by molar-refractivity contribution is 0.408. The summed E-state index contributed by atoms with van der Waals surface area (Å²) >= 11 is 0. The molecule has 0 radical (unpaired) electrons. The highest BCUT2D eigenvalue weighted by Gasteiger charge is 2.07. The van der Waals surface area contributed by atoms with E-state index >= 15 is 0 Å². The van der Waals surface area contributed by atoms with Gasteiger partial charge in [-0.25, -0.2) is 4.39 Å². The quantitative estimate of drug-likeness (QED) is 0.632. The first kappa shape index (κ1) is 9.34. The maximum Gasteiger partial charge on any atom is 0.142 e. The zero-order chi connectivity index (χ0) is 9.97. The van der Waals surface area contributed by atoms with Gasteiger partial charge in [0.2, 0.25) is 0 Å². The Morgan fingerprint density at radius 2 is 2.29 bits per heavy atom. The maximum absolute atomic E-state index is 12.9. The summed E-state index contributed by atoms with van der Waals surface area (Å²) in [6.45, 7) is 1.74. The van der Waals surface area contributed by atoms with Gasteiger partial charge in [-0.05, 0) is 36.7 Å². The second-order valence-electron chi connectivity index (χ2n) is 3.45. The van der Waals surface area contributed by atoms with Crippen molar-refractivity contribution in [2.45, 2.75) is 6.42 Å². The van der Waals surface area contributed by atoms with Crippen molar-refractivity contribution in [3.8, 4) is 0 Å². The summed E-state index contributed by atoms with van der Waals surface area (Å²) in [5.41, 5.74) is 2.05. The van der Waals surface area contributed by atoms with Crippen LogP contribution in [0.5, 0.6) is 0 Å². The highest BCUT2D eigenvalue weighted by Crippen LogP contribution is 2.21. The Bertz CT molecular complexity index is 360. The van der Waals surface area contributed by atoms with Crippen LogP contribution in [0.1, 0.15) is 12.0 Å². The van der Waals surface area contributed by atoms with Gasteiger partial charge in [-0.2, -0.15) is 0 Å². The van der Waals surface area contributed by atoms with Crippen LogP contribution in [0.15, 0.2) is 24.5 Å². The van der Waals surface area contributed by atoms with E-state index in [0.29, 0.717) is 0 Å². The first-order chi connectivity index (χ1) is 6.75. The van der Waals surface area contributed by atoms with E-state index in [2.05, 4.69) is 18.1 Å². The predicted octanol–water partition coefficient (Wildman–Crippen LogP) is 2.10. The van der Waals surface area contributed by atoms with Gasteiger partial charge < -0.3 is 4.90 Å². The molecule has 2 heterocycles. The SMILES string of the molecule is [CH2-]N1CC=C(c2cncc(F)c2)CC1.